The Morgan fingerprint density at radius 2 is 1.52 bits per heavy atom. The summed E-state index contributed by atoms with van der Waals surface area (Å²) in [7, 11) is -3.27. The van der Waals surface area contributed by atoms with Gasteiger partial charge in [0.25, 0.3) is 0 Å². The average molecular weight is 358 g/mol. The number of nitrogens with one attached hydrogen (secondary N) is 1. The molecule has 25 heavy (non-hydrogen) atoms. The zero-order chi connectivity index (χ0) is 17.7. The van der Waals surface area contributed by atoms with Crippen molar-refractivity contribution in [2.45, 2.75) is 17.7 Å². The normalized spacial score (nSPS) is 15.8. The van der Waals surface area contributed by atoms with Gasteiger partial charge in [-0.25, -0.2) is 13.2 Å². The van der Waals surface area contributed by atoms with Gasteiger partial charge >= 0.3 is 6.03 Å². The number of hydrogen-bond acceptors (Lipinski definition) is 3. The lowest BCUT2D eigenvalue weighted by atomic mass is 9.99. The molecule has 1 aliphatic heterocycles. The Morgan fingerprint density at radius 3 is 2.12 bits per heavy atom. The van der Waals surface area contributed by atoms with Crippen molar-refractivity contribution in [2.24, 2.45) is 5.92 Å². The number of amides is 2. The molecule has 1 heterocycles. The van der Waals surface area contributed by atoms with Crippen LogP contribution >= 0.6 is 0 Å². The van der Waals surface area contributed by atoms with Crippen LogP contribution in [0.25, 0.3) is 0 Å². The number of likely N-dealkylation sites (tertiary alicyclic amines) is 1. The molecule has 6 heteroatoms. The smallest absolute Gasteiger partial charge is 0.321 e. The van der Waals surface area contributed by atoms with Crippen LogP contribution in [-0.4, -0.2) is 38.2 Å². The molecule has 0 radical (unpaired) electrons. The predicted octanol–water partition coefficient (Wildman–Crippen LogP) is 3.40. The second-order valence-corrected chi connectivity index (χ2v) is 8.36. The number of sulfone groups is 1. The van der Waals surface area contributed by atoms with Crippen molar-refractivity contribution in [1.29, 1.82) is 0 Å². The van der Waals surface area contributed by atoms with Crippen LogP contribution in [0.2, 0.25) is 0 Å². The monoisotopic (exact) mass is 358 g/mol. The highest BCUT2D eigenvalue weighted by molar-refractivity contribution is 7.91. The fraction of sp³-hybridized carbons (Fsp3) is 0.316. The molecular weight excluding hydrogens is 336 g/mol. The van der Waals surface area contributed by atoms with Gasteiger partial charge in [0.15, 0.2) is 9.84 Å². The Hall–Kier alpha value is -2.34. The van der Waals surface area contributed by atoms with Crippen molar-refractivity contribution in [3.05, 3.63) is 60.7 Å². The summed E-state index contributed by atoms with van der Waals surface area (Å²) in [6, 6.07) is 17.8. The van der Waals surface area contributed by atoms with Crippen molar-refractivity contribution in [3.8, 4) is 0 Å². The van der Waals surface area contributed by atoms with E-state index in [4.69, 9.17) is 0 Å². The summed E-state index contributed by atoms with van der Waals surface area (Å²) in [5.41, 5.74) is 0.765. The maximum Gasteiger partial charge on any atom is 0.321 e. The molecule has 1 aliphatic rings. The molecule has 0 aromatic heterocycles. The van der Waals surface area contributed by atoms with Gasteiger partial charge < -0.3 is 10.2 Å². The lowest BCUT2D eigenvalue weighted by Crippen LogP contribution is -2.42. The highest BCUT2D eigenvalue weighted by Crippen LogP contribution is 2.23. The summed E-state index contributed by atoms with van der Waals surface area (Å²) < 4.78 is 24.9. The van der Waals surface area contributed by atoms with Gasteiger partial charge in [0.1, 0.15) is 0 Å². The molecule has 2 aromatic rings. The zero-order valence-electron chi connectivity index (χ0n) is 14.0. The molecule has 0 bridgehead atoms. The van der Waals surface area contributed by atoms with E-state index in [-0.39, 0.29) is 17.7 Å². The van der Waals surface area contributed by atoms with Crippen LogP contribution in [-0.2, 0) is 9.84 Å². The SMILES string of the molecule is O=C(Nc1ccccc1)N1CCC(CS(=O)(=O)c2ccccc2)CC1. The minimum atomic E-state index is -3.27. The lowest BCUT2D eigenvalue weighted by Gasteiger charge is -2.31. The molecule has 2 aromatic carbocycles. The van der Waals surface area contributed by atoms with Crippen molar-refractivity contribution in [1.82, 2.24) is 4.90 Å². The Morgan fingerprint density at radius 1 is 0.960 bits per heavy atom. The fourth-order valence-corrected chi connectivity index (χ4v) is 4.78. The largest absolute Gasteiger partial charge is 0.325 e. The minimum Gasteiger partial charge on any atom is -0.325 e. The standard InChI is InChI=1S/C19H22N2O3S/c22-19(20-17-7-3-1-4-8-17)21-13-11-16(12-14-21)15-25(23,24)18-9-5-2-6-10-18/h1-10,16H,11-15H2,(H,20,22). The molecule has 0 saturated carbocycles. The maximum absolute atomic E-state index is 12.5. The molecule has 0 spiro atoms. The highest BCUT2D eigenvalue weighted by Gasteiger charge is 2.27. The molecule has 3 rings (SSSR count). The molecule has 132 valence electrons. The molecule has 0 aliphatic carbocycles. The van der Waals surface area contributed by atoms with Gasteiger partial charge in [-0.2, -0.15) is 0 Å². The van der Waals surface area contributed by atoms with Gasteiger partial charge in [-0.15, -0.1) is 0 Å². The van der Waals surface area contributed by atoms with E-state index in [2.05, 4.69) is 5.32 Å². The molecule has 0 unspecified atom stereocenters. The number of para-hydroxylation sites is 1. The number of hydrogen-bond donors (Lipinski definition) is 1. The third-order valence-electron chi connectivity index (χ3n) is 4.48. The summed E-state index contributed by atoms with van der Waals surface area (Å²) >= 11 is 0. The Balaban J connectivity index is 1.53. The van der Waals surface area contributed by atoms with Gasteiger partial charge in [0, 0.05) is 18.8 Å². The van der Waals surface area contributed by atoms with E-state index >= 15 is 0 Å². The number of benzene rings is 2. The number of rotatable bonds is 4. The number of carbonyl (C=O) groups excluding carboxylic acids is 1. The van der Waals surface area contributed by atoms with E-state index in [9.17, 15) is 13.2 Å². The van der Waals surface area contributed by atoms with E-state index in [1.165, 1.54) is 0 Å². The summed E-state index contributed by atoms with van der Waals surface area (Å²) in [5.74, 6) is 0.233. The molecular formula is C19H22N2O3S. The van der Waals surface area contributed by atoms with Gasteiger partial charge in [-0.3, -0.25) is 0 Å². The number of nitrogens with zero attached hydrogens (tertiary/aromatic N) is 1. The number of carbonyl (C=O) groups is 1. The summed E-state index contributed by atoms with van der Waals surface area (Å²) in [6.07, 6.45) is 1.41. The first kappa shape index (κ1) is 17.5. The minimum absolute atomic E-state index is 0.0889. The van der Waals surface area contributed by atoms with Crippen molar-refractivity contribution >= 4 is 21.6 Å². The topological polar surface area (TPSA) is 66.5 Å². The van der Waals surface area contributed by atoms with Crippen LogP contribution in [0.5, 0.6) is 0 Å². The molecule has 0 atom stereocenters. The Bertz CT molecular complexity index is 799. The second kappa shape index (κ2) is 7.70. The van der Waals surface area contributed by atoms with E-state index < -0.39 is 9.84 Å². The number of piperidine rings is 1. The van der Waals surface area contributed by atoms with Gasteiger partial charge in [0.05, 0.1) is 10.6 Å². The van der Waals surface area contributed by atoms with Crippen LogP contribution in [0.1, 0.15) is 12.8 Å². The van der Waals surface area contributed by atoms with E-state index in [0.29, 0.717) is 30.8 Å². The van der Waals surface area contributed by atoms with E-state index in [1.807, 2.05) is 36.4 Å². The van der Waals surface area contributed by atoms with Crippen molar-refractivity contribution in [2.75, 3.05) is 24.2 Å². The molecule has 1 fully saturated rings. The Labute approximate surface area is 148 Å². The van der Waals surface area contributed by atoms with Gasteiger partial charge in [-0.05, 0) is 43.0 Å². The maximum atomic E-state index is 12.5. The zero-order valence-corrected chi connectivity index (χ0v) is 14.8. The van der Waals surface area contributed by atoms with Gasteiger partial charge in [0.2, 0.25) is 0 Å². The summed E-state index contributed by atoms with van der Waals surface area (Å²) in [6.45, 7) is 1.15. The number of urea groups is 1. The van der Waals surface area contributed by atoms with Crippen molar-refractivity contribution in [3.63, 3.8) is 0 Å². The first-order chi connectivity index (χ1) is 12.0. The van der Waals surface area contributed by atoms with Crippen LogP contribution in [0.15, 0.2) is 65.6 Å². The van der Waals surface area contributed by atoms with Crippen LogP contribution < -0.4 is 5.32 Å². The second-order valence-electron chi connectivity index (χ2n) is 6.32. The van der Waals surface area contributed by atoms with Crippen LogP contribution in [0.3, 0.4) is 0 Å². The lowest BCUT2D eigenvalue weighted by molar-refractivity contribution is 0.187. The fourth-order valence-electron chi connectivity index (χ4n) is 3.06. The van der Waals surface area contributed by atoms with E-state index in [0.717, 1.165) is 5.69 Å². The molecule has 1 saturated heterocycles. The average Bonchev–Trinajstić information content (AvgIpc) is 2.63. The predicted molar refractivity (Wildman–Crippen MR) is 98.3 cm³/mol. The third kappa shape index (κ3) is 4.60. The third-order valence-corrected chi connectivity index (χ3v) is 6.38. The number of anilines is 1. The van der Waals surface area contributed by atoms with Crippen molar-refractivity contribution < 1.29 is 13.2 Å². The van der Waals surface area contributed by atoms with Crippen LogP contribution in [0, 0.1) is 5.92 Å². The first-order valence-electron chi connectivity index (χ1n) is 8.43. The summed E-state index contributed by atoms with van der Waals surface area (Å²) in [4.78, 5) is 14.4. The molecule has 5 nitrogen and oxygen atoms in total. The Kier molecular flexibility index (Phi) is 5.38. The van der Waals surface area contributed by atoms with Gasteiger partial charge in [-0.1, -0.05) is 36.4 Å². The van der Waals surface area contributed by atoms with Crippen LogP contribution in [0.4, 0.5) is 10.5 Å². The molecule has 2 amide bonds. The first-order valence-corrected chi connectivity index (χ1v) is 10.1. The molecule has 1 N–H and O–H groups in total. The summed E-state index contributed by atoms with van der Waals surface area (Å²) in [5, 5.41) is 2.87. The highest BCUT2D eigenvalue weighted by atomic mass is 32.2. The van der Waals surface area contributed by atoms with E-state index in [1.54, 1.807) is 29.2 Å². The quantitative estimate of drug-likeness (QED) is 0.911.